The fourth-order valence-electron chi connectivity index (χ4n) is 1.95. The molecule has 0 saturated carbocycles. The quantitative estimate of drug-likeness (QED) is 0.587. The normalized spacial score (nSPS) is 13.3. The maximum absolute atomic E-state index is 12.2. The van der Waals surface area contributed by atoms with Crippen LogP contribution in [0.4, 0.5) is 11.4 Å². The van der Waals surface area contributed by atoms with E-state index in [1.54, 1.807) is 19.1 Å². The molecule has 7 nitrogen and oxygen atoms in total. The van der Waals surface area contributed by atoms with E-state index in [1.807, 2.05) is 6.92 Å². The zero-order valence-electron chi connectivity index (χ0n) is 12.2. The average Bonchev–Trinajstić information content (AvgIpc) is 2.37. The molecule has 0 heterocycles. The van der Waals surface area contributed by atoms with E-state index in [0.717, 1.165) is 0 Å². The van der Waals surface area contributed by atoms with E-state index in [4.69, 9.17) is 0 Å². The number of carbonyl (C=O) groups excluding carboxylic acids is 1. The predicted molar refractivity (Wildman–Crippen MR) is 83.1 cm³/mol. The summed E-state index contributed by atoms with van der Waals surface area (Å²) >= 11 is 0. The second-order valence-electron chi connectivity index (χ2n) is 4.60. The second kappa shape index (κ2) is 7.72. The minimum absolute atomic E-state index is 0.00724. The fourth-order valence-corrected chi connectivity index (χ4v) is 2.74. The summed E-state index contributed by atoms with van der Waals surface area (Å²) in [6.45, 7) is 4.03. The van der Waals surface area contributed by atoms with E-state index < -0.39 is 21.6 Å². The van der Waals surface area contributed by atoms with Gasteiger partial charge in [-0.05, 0) is 26.0 Å². The lowest BCUT2D eigenvalue weighted by Crippen LogP contribution is -2.36. The van der Waals surface area contributed by atoms with Gasteiger partial charge < -0.3 is 10.6 Å². The van der Waals surface area contributed by atoms with Crippen molar-refractivity contribution in [3.05, 3.63) is 33.9 Å². The minimum Gasteiger partial charge on any atom is -0.380 e. The molecule has 0 bridgehead atoms. The molecule has 0 aliphatic rings. The zero-order valence-corrected chi connectivity index (χ0v) is 13.0. The van der Waals surface area contributed by atoms with Crippen molar-refractivity contribution in [1.29, 1.82) is 0 Å². The summed E-state index contributed by atoms with van der Waals surface area (Å²) in [5, 5.41) is 16.7. The third-order valence-corrected chi connectivity index (χ3v) is 3.66. The first-order chi connectivity index (χ1) is 9.86. The van der Waals surface area contributed by atoms with E-state index in [9.17, 15) is 19.1 Å². The van der Waals surface area contributed by atoms with Crippen molar-refractivity contribution < 1.29 is 13.9 Å². The van der Waals surface area contributed by atoms with E-state index in [2.05, 4.69) is 10.6 Å². The Balaban J connectivity index is 3.06. The molecular formula is C13H19N3O4S. The summed E-state index contributed by atoms with van der Waals surface area (Å²) in [7, 11) is -1.05. The highest BCUT2D eigenvalue weighted by Crippen LogP contribution is 2.28. The van der Waals surface area contributed by atoms with Crippen LogP contribution in [0.3, 0.4) is 0 Å². The fraction of sp³-hybridized carbons (Fsp3) is 0.462. The lowest BCUT2D eigenvalue weighted by molar-refractivity contribution is -0.384. The number of carbonyl (C=O) groups is 1. The Bertz CT molecular complexity index is 562. The number of anilines is 1. The number of hydrogen-bond acceptors (Lipinski definition) is 5. The number of nitro benzene ring substituents is 1. The van der Waals surface area contributed by atoms with Crippen LogP contribution in [0, 0.1) is 10.1 Å². The molecule has 0 aromatic heterocycles. The highest BCUT2D eigenvalue weighted by molar-refractivity contribution is 7.84. The van der Waals surface area contributed by atoms with E-state index in [0.29, 0.717) is 18.0 Å². The molecule has 1 aromatic rings. The lowest BCUT2D eigenvalue weighted by atomic mass is 10.1. The van der Waals surface area contributed by atoms with Crippen LogP contribution in [-0.2, 0) is 10.8 Å². The van der Waals surface area contributed by atoms with Crippen LogP contribution >= 0.6 is 0 Å². The van der Waals surface area contributed by atoms with Crippen molar-refractivity contribution in [2.45, 2.75) is 19.9 Å². The van der Waals surface area contributed by atoms with Crippen LogP contribution in [0.15, 0.2) is 18.2 Å². The van der Waals surface area contributed by atoms with Crippen LogP contribution in [-0.4, -0.2) is 39.6 Å². The maximum atomic E-state index is 12.2. The van der Waals surface area contributed by atoms with Gasteiger partial charge in [-0.3, -0.25) is 19.1 Å². The van der Waals surface area contributed by atoms with Gasteiger partial charge in [-0.25, -0.2) is 0 Å². The molecule has 2 atom stereocenters. The predicted octanol–water partition coefficient (Wildman–Crippen LogP) is 1.52. The van der Waals surface area contributed by atoms with Crippen LogP contribution in [0.1, 0.15) is 24.2 Å². The van der Waals surface area contributed by atoms with Gasteiger partial charge in [0.1, 0.15) is 11.3 Å². The molecule has 0 aliphatic carbocycles. The first-order valence-electron chi connectivity index (χ1n) is 6.49. The Hall–Kier alpha value is -1.96. The van der Waals surface area contributed by atoms with E-state index >= 15 is 0 Å². The smallest absolute Gasteiger partial charge is 0.305 e. The van der Waals surface area contributed by atoms with Gasteiger partial charge in [0.05, 0.1) is 4.92 Å². The summed E-state index contributed by atoms with van der Waals surface area (Å²) in [5.74, 6) is -0.244. The van der Waals surface area contributed by atoms with Crippen molar-refractivity contribution in [3.63, 3.8) is 0 Å². The van der Waals surface area contributed by atoms with Crippen molar-refractivity contribution in [2.75, 3.05) is 23.9 Å². The molecule has 0 spiro atoms. The summed E-state index contributed by atoms with van der Waals surface area (Å²) < 4.78 is 11.1. The number of hydrogen-bond donors (Lipinski definition) is 2. The number of benzene rings is 1. The largest absolute Gasteiger partial charge is 0.380 e. The molecule has 1 rings (SSSR count). The Morgan fingerprint density at radius 3 is 2.67 bits per heavy atom. The first kappa shape index (κ1) is 17.1. The van der Waals surface area contributed by atoms with Crippen LogP contribution in [0.5, 0.6) is 0 Å². The maximum Gasteiger partial charge on any atom is 0.305 e. The van der Waals surface area contributed by atoms with E-state index in [1.165, 1.54) is 12.3 Å². The monoisotopic (exact) mass is 313 g/mol. The molecule has 2 N–H and O–H groups in total. The van der Waals surface area contributed by atoms with Gasteiger partial charge in [0, 0.05) is 35.4 Å². The number of nitrogens with one attached hydrogen (secondary N) is 2. The third kappa shape index (κ3) is 4.82. The molecule has 0 aliphatic heterocycles. The molecular weight excluding hydrogens is 294 g/mol. The standard InChI is InChI=1S/C13H19N3O4S/c1-4-14-11-7-5-6-10(12(11)16(18)19)13(17)15-9(2)8-21(3)20/h5-7,9,14H,4,8H2,1-3H3,(H,15,17). The summed E-state index contributed by atoms with van der Waals surface area (Å²) in [6.07, 6.45) is 1.54. The SMILES string of the molecule is CCNc1cccc(C(=O)NC(C)CS(C)=O)c1[N+](=O)[O-]. The Labute approximate surface area is 125 Å². The molecule has 2 unspecified atom stereocenters. The molecule has 1 amide bonds. The van der Waals surface area contributed by atoms with Gasteiger partial charge in [-0.15, -0.1) is 0 Å². The Kier molecular flexibility index (Phi) is 6.29. The number of rotatable bonds is 7. The van der Waals surface area contributed by atoms with Gasteiger partial charge in [-0.2, -0.15) is 0 Å². The molecule has 0 fully saturated rings. The van der Waals surface area contributed by atoms with E-state index in [-0.39, 0.29) is 17.3 Å². The number of nitrogens with zero attached hydrogens (tertiary/aromatic N) is 1. The van der Waals surface area contributed by atoms with Crippen molar-refractivity contribution in [1.82, 2.24) is 5.32 Å². The van der Waals surface area contributed by atoms with Crippen molar-refractivity contribution in [2.24, 2.45) is 0 Å². The number of para-hydroxylation sites is 1. The highest BCUT2D eigenvalue weighted by Gasteiger charge is 2.25. The molecule has 0 saturated heterocycles. The summed E-state index contributed by atoms with van der Waals surface area (Å²) in [6, 6.07) is 4.22. The molecule has 116 valence electrons. The van der Waals surface area contributed by atoms with Crippen LogP contribution < -0.4 is 10.6 Å². The van der Waals surface area contributed by atoms with Crippen molar-refractivity contribution in [3.8, 4) is 0 Å². The van der Waals surface area contributed by atoms with Gasteiger partial charge in [0.2, 0.25) is 0 Å². The summed E-state index contributed by atoms with van der Waals surface area (Å²) in [4.78, 5) is 22.8. The van der Waals surface area contributed by atoms with Gasteiger partial charge in [0.15, 0.2) is 0 Å². The summed E-state index contributed by atoms with van der Waals surface area (Å²) in [5.41, 5.74) is 0.0516. The van der Waals surface area contributed by atoms with Crippen LogP contribution in [0.25, 0.3) is 0 Å². The molecule has 0 radical (unpaired) electrons. The number of amides is 1. The second-order valence-corrected chi connectivity index (χ2v) is 6.08. The lowest BCUT2D eigenvalue weighted by Gasteiger charge is -2.13. The topological polar surface area (TPSA) is 101 Å². The Morgan fingerprint density at radius 1 is 1.48 bits per heavy atom. The highest BCUT2D eigenvalue weighted by atomic mass is 32.2. The molecule has 1 aromatic carbocycles. The minimum atomic E-state index is -1.05. The first-order valence-corrected chi connectivity index (χ1v) is 8.21. The Morgan fingerprint density at radius 2 is 2.14 bits per heavy atom. The zero-order chi connectivity index (χ0) is 16.0. The third-order valence-electron chi connectivity index (χ3n) is 2.69. The van der Waals surface area contributed by atoms with Crippen molar-refractivity contribution >= 4 is 28.1 Å². The van der Waals surface area contributed by atoms with Gasteiger partial charge in [-0.1, -0.05) is 6.07 Å². The average molecular weight is 313 g/mol. The number of nitro groups is 1. The molecule has 8 heteroatoms. The van der Waals surface area contributed by atoms with Gasteiger partial charge in [0.25, 0.3) is 5.91 Å². The van der Waals surface area contributed by atoms with Gasteiger partial charge >= 0.3 is 5.69 Å². The molecule has 21 heavy (non-hydrogen) atoms. The van der Waals surface area contributed by atoms with Crippen LogP contribution in [0.2, 0.25) is 0 Å².